The van der Waals surface area contributed by atoms with E-state index in [1.165, 1.54) is 0 Å². The fraction of sp³-hybridized carbons (Fsp3) is 0.591. The van der Waals surface area contributed by atoms with Crippen molar-refractivity contribution in [2.75, 3.05) is 50.8 Å². The third kappa shape index (κ3) is 5.06. The zero-order chi connectivity index (χ0) is 27.2. The highest BCUT2D eigenvalue weighted by Gasteiger charge is 2.44. The van der Waals surface area contributed by atoms with Crippen molar-refractivity contribution in [3.05, 3.63) is 45.1 Å². The van der Waals surface area contributed by atoms with E-state index in [0.717, 1.165) is 0 Å². The number of ether oxygens (including phenoxy) is 1. The van der Waals surface area contributed by atoms with E-state index in [1.54, 1.807) is 9.80 Å². The minimum Gasteiger partial charge on any atom is -0.366 e. The number of hydrogen-bond acceptors (Lipinski definition) is 8. The van der Waals surface area contributed by atoms with Gasteiger partial charge in [0.05, 0.1) is 23.9 Å². The average Bonchev–Trinajstić information content (AvgIpc) is 3.31. The van der Waals surface area contributed by atoms with Crippen molar-refractivity contribution < 1.29 is 35.9 Å². The Bertz CT molecular complexity index is 1240. The zero-order valence-electron chi connectivity index (χ0n) is 19.8. The van der Waals surface area contributed by atoms with E-state index in [2.05, 4.69) is 15.1 Å². The van der Waals surface area contributed by atoms with Gasteiger partial charge in [0, 0.05) is 51.7 Å². The summed E-state index contributed by atoms with van der Waals surface area (Å²) in [6.07, 6.45) is -8.36. The fourth-order valence-corrected chi connectivity index (χ4v) is 5.16. The first kappa shape index (κ1) is 26.3. The van der Waals surface area contributed by atoms with E-state index in [0.29, 0.717) is 38.4 Å². The van der Waals surface area contributed by atoms with Crippen LogP contribution in [0.3, 0.4) is 0 Å². The molecule has 0 radical (unpaired) electrons. The lowest BCUT2D eigenvalue weighted by atomic mass is 10.1. The van der Waals surface area contributed by atoms with Gasteiger partial charge in [-0.2, -0.15) is 31.4 Å². The van der Waals surface area contributed by atoms with Crippen molar-refractivity contribution in [2.24, 2.45) is 0 Å². The van der Waals surface area contributed by atoms with Gasteiger partial charge in [0.25, 0.3) is 11.5 Å². The summed E-state index contributed by atoms with van der Waals surface area (Å²) in [6, 6.07) is -0.490. The van der Waals surface area contributed by atoms with Crippen LogP contribution in [0.15, 0.2) is 17.2 Å². The van der Waals surface area contributed by atoms with Crippen LogP contribution in [0.2, 0.25) is 0 Å². The van der Waals surface area contributed by atoms with E-state index in [4.69, 9.17) is 4.74 Å². The van der Waals surface area contributed by atoms with E-state index in [1.807, 2.05) is 10.00 Å². The fourth-order valence-electron chi connectivity index (χ4n) is 5.16. The van der Waals surface area contributed by atoms with Crippen molar-refractivity contribution >= 4 is 11.9 Å². The predicted molar refractivity (Wildman–Crippen MR) is 118 cm³/mol. The number of hydrogen-bond donors (Lipinski definition) is 1. The maximum atomic E-state index is 13.5. The monoisotopic (exact) mass is 547 g/mol. The first-order chi connectivity index (χ1) is 17.9. The number of aromatic amines is 1. The van der Waals surface area contributed by atoms with Gasteiger partial charge >= 0.3 is 12.4 Å². The summed E-state index contributed by atoms with van der Waals surface area (Å²) in [5, 5.41) is 5.87. The Hall–Kier alpha value is -3.27. The van der Waals surface area contributed by atoms with Crippen molar-refractivity contribution in [1.29, 1.82) is 0 Å². The van der Waals surface area contributed by atoms with Crippen molar-refractivity contribution in [3.8, 4) is 0 Å². The van der Waals surface area contributed by atoms with E-state index in [-0.39, 0.29) is 55.8 Å². The molecule has 2 atom stereocenters. The minimum atomic E-state index is -4.80. The number of nitrogens with zero attached hydrogens (tertiary/aromatic N) is 6. The van der Waals surface area contributed by atoms with Crippen molar-refractivity contribution in [1.82, 2.24) is 30.0 Å². The highest BCUT2D eigenvalue weighted by molar-refractivity contribution is 5.81. The van der Waals surface area contributed by atoms with Crippen LogP contribution < -0.4 is 10.5 Å². The first-order valence-electron chi connectivity index (χ1n) is 11.9. The summed E-state index contributed by atoms with van der Waals surface area (Å²) in [7, 11) is 0. The summed E-state index contributed by atoms with van der Waals surface area (Å²) in [5.41, 5.74) is -3.39. The Labute approximate surface area is 211 Å². The molecule has 10 nitrogen and oxygen atoms in total. The highest BCUT2D eigenvalue weighted by atomic mass is 19.4. The Morgan fingerprint density at radius 1 is 1.00 bits per heavy atom. The molecule has 0 spiro atoms. The Morgan fingerprint density at radius 2 is 1.68 bits per heavy atom. The highest BCUT2D eigenvalue weighted by Crippen LogP contribution is 2.40. The van der Waals surface area contributed by atoms with Gasteiger partial charge in [0.15, 0.2) is 0 Å². The summed E-state index contributed by atoms with van der Waals surface area (Å²) in [4.78, 5) is 37.7. The average molecular weight is 547 g/mol. The number of halogens is 6. The van der Waals surface area contributed by atoms with Gasteiger partial charge in [-0.1, -0.05) is 0 Å². The van der Waals surface area contributed by atoms with E-state index >= 15 is 0 Å². The molecular formula is C22H23F6N7O3. The SMILES string of the molecule is O=C([C@@H]1CN([C@H]2CCc3c2n[nH]c(=O)c3C(F)(F)F)CCO1)N1CCN(c2ncc(C(F)(F)F)cn2)CC1. The smallest absolute Gasteiger partial charge is 0.366 e. The van der Waals surface area contributed by atoms with Crippen LogP contribution >= 0.6 is 0 Å². The number of carbonyl (C=O) groups is 1. The molecule has 2 aliphatic heterocycles. The number of piperazine rings is 1. The molecule has 1 aliphatic carbocycles. The second-order valence-corrected chi connectivity index (χ2v) is 9.28. The number of alkyl halides is 6. The predicted octanol–water partition coefficient (Wildman–Crippen LogP) is 1.63. The maximum absolute atomic E-state index is 13.5. The van der Waals surface area contributed by atoms with Gasteiger partial charge in [0.1, 0.15) is 11.7 Å². The Kier molecular flexibility index (Phi) is 6.79. The van der Waals surface area contributed by atoms with Gasteiger partial charge in [-0.05, 0) is 18.4 Å². The molecule has 16 heteroatoms. The summed E-state index contributed by atoms with van der Waals surface area (Å²) >= 11 is 0. The standard InChI is InChI=1S/C22H23F6N7O3/c23-21(24,25)12-9-29-20(30-10-12)34-5-3-33(4-6-34)19(37)15-11-35(7-8-38-15)14-2-1-13-16(22(26,27)28)18(36)32-31-17(13)14/h9-10,14-15H,1-8,11H2,(H,32,36)/t14-,15-/m0/s1. The molecule has 0 aromatic carbocycles. The molecule has 5 rings (SSSR count). The summed E-state index contributed by atoms with van der Waals surface area (Å²) in [5.74, 6) is -0.153. The number of H-pyrrole nitrogens is 1. The third-order valence-corrected chi connectivity index (χ3v) is 7.04. The lowest BCUT2D eigenvalue weighted by molar-refractivity contribution is -0.151. The molecule has 38 heavy (non-hydrogen) atoms. The number of rotatable bonds is 3. The van der Waals surface area contributed by atoms with Crippen LogP contribution in [0.1, 0.15) is 34.8 Å². The number of anilines is 1. The molecule has 2 fully saturated rings. The number of nitrogens with one attached hydrogen (secondary N) is 1. The molecule has 1 N–H and O–H groups in total. The second-order valence-electron chi connectivity index (χ2n) is 9.28. The molecule has 3 aliphatic rings. The number of morpholine rings is 1. The van der Waals surface area contributed by atoms with Gasteiger partial charge in [0.2, 0.25) is 5.95 Å². The molecule has 2 aromatic heterocycles. The Balaban J connectivity index is 1.21. The van der Waals surface area contributed by atoms with Crippen molar-refractivity contribution in [2.45, 2.75) is 37.3 Å². The van der Waals surface area contributed by atoms with Crippen LogP contribution in [0.4, 0.5) is 32.3 Å². The quantitative estimate of drug-likeness (QED) is 0.579. The first-order valence-corrected chi connectivity index (χ1v) is 11.9. The molecule has 1 amide bonds. The number of amides is 1. The van der Waals surface area contributed by atoms with E-state index < -0.39 is 41.2 Å². The van der Waals surface area contributed by atoms with Crippen LogP contribution in [0, 0.1) is 0 Å². The molecule has 4 heterocycles. The second kappa shape index (κ2) is 9.80. The molecule has 0 bridgehead atoms. The molecule has 0 unspecified atom stereocenters. The topological polar surface area (TPSA) is 108 Å². The van der Waals surface area contributed by atoms with Gasteiger partial charge in [-0.15, -0.1) is 0 Å². The van der Waals surface area contributed by atoms with Crippen LogP contribution in [-0.2, 0) is 28.3 Å². The summed E-state index contributed by atoms with van der Waals surface area (Å²) in [6.45, 7) is 1.88. The number of aromatic nitrogens is 4. The van der Waals surface area contributed by atoms with Gasteiger partial charge in [-0.25, -0.2) is 15.1 Å². The number of fused-ring (bicyclic) bond motifs is 1. The van der Waals surface area contributed by atoms with E-state index in [9.17, 15) is 35.9 Å². The van der Waals surface area contributed by atoms with Crippen LogP contribution in [-0.4, -0.2) is 87.9 Å². The van der Waals surface area contributed by atoms with Crippen LogP contribution in [0.5, 0.6) is 0 Å². The molecule has 2 saturated heterocycles. The molecule has 2 aromatic rings. The minimum absolute atomic E-state index is 0.0513. The number of carbonyl (C=O) groups excluding carboxylic acids is 1. The van der Waals surface area contributed by atoms with Gasteiger partial charge in [-0.3, -0.25) is 14.5 Å². The molecular weight excluding hydrogens is 524 g/mol. The zero-order valence-corrected chi connectivity index (χ0v) is 19.8. The van der Waals surface area contributed by atoms with Crippen LogP contribution in [0.25, 0.3) is 0 Å². The molecule has 206 valence electrons. The third-order valence-electron chi connectivity index (χ3n) is 7.04. The lowest BCUT2D eigenvalue weighted by Crippen LogP contribution is -2.56. The Morgan fingerprint density at radius 3 is 2.32 bits per heavy atom. The van der Waals surface area contributed by atoms with Gasteiger partial charge < -0.3 is 14.5 Å². The maximum Gasteiger partial charge on any atom is 0.422 e. The lowest BCUT2D eigenvalue weighted by Gasteiger charge is -2.40. The van der Waals surface area contributed by atoms with Crippen molar-refractivity contribution in [3.63, 3.8) is 0 Å². The normalized spacial score (nSPS) is 23.0. The summed E-state index contributed by atoms with van der Waals surface area (Å²) < 4.78 is 84.3. The molecule has 0 saturated carbocycles. The largest absolute Gasteiger partial charge is 0.422 e.